The molecule has 0 aliphatic heterocycles. The van der Waals surface area contributed by atoms with E-state index in [2.05, 4.69) is 9.68 Å². The van der Waals surface area contributed by atoms with Gasteiger partial charge in [0.2, 0.25) is 5.88 Å². The van der Waals surface area contributed by atoms with Gasteiger partial charge in [-0.3, -0.25) is 0 Å². The van der Waals surface area contributed by atoms with Crippen LogP contribution in [0.5, 0.6) is 0 Å². The minimum atomic E-state index is -4.61. The highest BCUT2D eigenvalue weighted by atomic mass is 35.5. The molecule has 1 heterocycles. The molecule has 0 fully saturated rings. The number of benzene rings is 1. The summed E-state index contributed by atoms with van der Waals surface area (Å²) in [5.74, 6) is -0.375. The summed E-state index contributed by atoms with van der Waals surface area (Å²) in [5.41, 5.74) is 4.19. The van der Waals surface area contributed by atoms with Crippen molar-refractivity contribution in [3.63, 3.8) is 0 Å². The van der Waals surface area contributed by atoms with Crippen LogP contribution in [0.15, 0.2) is 28.8 Å². The van der Waals surface area contributed by atoms with Gasteiger partial charge in [-0.15, -0.1) is 0 Å². The van der Waals surface area contributed by atoms with E-state index in [4.69, 9.17) is 17.3 Å². The van der Waals surface area contributed by atoms with Crippen LogP contribution in [0.1, 0.15) is 5.69 Å². The van der Waals surface area contributed by atoms with Gasteiger partial charge >= 0.3 is 6.18 Å². The molecule has 0 bridgehead atoms. The number of anilines is 1. The van der Waals surface area contributed by atoms with E-state index in [1.54, 1.807) is 0 Å². The molecule has 2 rings (SSSR count). The largest absolute Gasteiger partial charge is 0.437 e. The first kappa shape index (κ1) is 11.8. The fourth-order valence-corrected chi connectivity index (χ4v) is 1.52. The third-order valence-electron chi connectivity index (χ3n) is 2.12. The normalized spacial score (nSPS) is 11.8. The summed E-state index contributed by atoms with van der Waals surface area (Å²) in [6.45, 7) is 0. The van der Waals surface area contributed by atoms with Crippen LogP contribution < -0.4 is 5.73 Å². The van der Waals surface area contributed by atoms with Crippen molar-refractivity contribution in [1.29, 1.82) is 0 Å². The first-order chi connectivity index (χ1) is 7.89. The topological polar surface area (TPSA) is 52.0 Å². The van der Waals surface area contributed by atoms with Gasteiger partial charge in [0.05, 0.1) is 5.56 Å². The lowest BCUT2D eigenvalue weighted by molar-refractivity contribution is -0.142. The molecule has 17 heavy (non-hydrogen) atoms. The quantitative estimate of drug-likeness (QED) is 0.854. The van der Waals surface area contributed by atoms with Gasteiger partial charge in [0.1, 0.15) is 0 Å². The smallest absolute Gasteiger partial charge is 0.367 e. The molecule has 0 atom stereocenters. The third-order valence-corrected chi connectivity index (χ3v) is 2.37. The number of hydrogen-bond donors (Lipinski definition) is 1. The Morgan fingerprint density at radius 3 is 2.29 bits per heavy atom. The standard InChI is InChI=1S/C10H6ClF3N2O/c11-6-3-1-5(2-4-6)7-8(10(12,13)14)16-17-9(7)15/h1-4H,15H2. The number of alkyl halides is 3. The first-order valence-electron chi connectivity index (χ1n) is 4.48. The Labute approximate surface area is 99.0 Å². The predicted octanol–water partition coefficient (Wildman–Crippen LogP) is 3.60. The van der Waals surface area contributed by atoms with Crippen molar-refractivity contribution < 1.29 is 17.7 Å². The maximum atomic E-state index is 12.6. The molecule has 1 aromatic heterocycles. The Hall–Kier alpha value is -1.69. The molecule has 2 aromatic rings. The van der Waals surface area contributed by atoms with E-state index in [0.717, 1.165) is 0 Å². The number of nitrogens with zero attached hydrogens (tertiary/aromatic N) is 1. The fraction of sp³-hybridized carbons (Fsp3) is 0.100. The average Bonchev–Trinajstić information content (AvgIpc) is 2.61. The zero-order valence-corrected chi connectivity index (χ0v) is 9.01. The summed E-state index contributed by atoms with van der Waals surface area (Å²) >= 11 is 5.65. The minimum absolute atomic E-state index is 0.250. The molecule has 0 unspecified atom stereocenters. The Kier molecular flexibility index (Phi) is 2.74. The van der Waals surface area contributed by atoms with Crippen LogP contribution in [0.2, 0.25) is 5.02 Å². The third kappa shape index (κ3) is 2.21. The van der Waals surface area contributed by atoms with Gasteiger partial charge in [0, 0.05) is 5.02 Å². The molecular formula is C10H6ClF3N2O. The lowest BCUT2D eigenvalue weighted by Gasteiger charge is -2.05. The van der Waals surface area contributed by atoms with Gasteiger partial charge in [-0.25, -0.2) is 0 Å². The monoisotopic (exact) mass is 262 g/mol. The molecule has 90 valence electrons. The van der Waals surface area contributed by atoms with Crippen LogP contribution in [0.25, 0.3) is 11.1 Å². The predicted molar refractivity (Wildman–Crippen MR) is 56.4 cm³/mol. The van der Waals surface area contributed by atoms with Crippen molar-refractivity contribution in [2.45, 2.75) is 6.18 Å². The summed E-state index contributed by atoms with van der Waals surface area (Å²) in [6, 6.07) is 5.76. The van der Waals surface area contributed by atoms with Crippen molar-refractivity contribution in [2.24, 2.45) is 0 Å². The number of nitrogen functional groups attached to an aromatic ring is 1. The summed E-state index contributed by atoms with van der Waals surface area (Å²) in [4.78, 5) is 0. The van der Waals surface area contributed by atoms with Gasteiger partial charge in [0.15, 0.2) is 5.69 Å². The van der Waals surface area contributed by atoms with Crippen LogP contribution in [0.4, 0.5) is 19.1 Å². The summed E-state index contributed by atoms with van der Waals surface area (Å²) in [7, 11) is 0. The van der Waals surface area contributed by atoms with E-state index in [1.807, 2.05) is 0 Å². The Morgan fingerprint density at radius 1 is 1.18 bits per heavy atom. The lowest BCUT2D eigenvalue weighted by Crippen LogP contribution is -2.07. The van der Waals surface area contributed by atoms with Gasteiger partial charge in [-0.2, -0.15) is 13.2 Å². The van der Waals surface area contributed by atoms with Crippen LogP contribution in [0.3, 0.4) is 0 Å². The highest BCUT2D eigenvalue weighted by Gasteiger charge is 2.39. The van der Waals surface area contributed by atoms with Crippen molar-refractivity contribution >= 4 is 17.5 Å². The molecule has 2 N–H and O–H groups in total. The average molecular weight is 263 g/mol. The van der Waals surface area contributed by atoms with Crippen molar-refractivity contribution in [3.8, 4) is 11.1 Å². The highest BCUT2D eigenvalue weighted by Crippen LogP contribution is 2.39. The molecule has 0 amide bonds. The first-order valence-corrected chi connectivity index (χ1v) is 4.85. The maximum Gasteiger partial charge on any atom is 0.437 e. The van der Waals surface area contributed by atoms with E-state index in [1.165, 1.54) is 24.3 Å². The molecule has 0 saturated carbocycles. The second-order valence-corrected chi connectivity index (χ2v) is 3.71. The second kappa shape index (κ2) is 3.96. The number of aromatic nitrogens is 1. The molecule has 3 nitrogen and oxygen atoms in total. The number of nitrogens with two attached hydrogens (primary N) is 1. The van der Waals surface area contributed by atoms with E-state index < -0.39 is 11.9 Å². The van der Waals surface area contributed by atoms with E-state index in [-0.39, 0.29) is 17.0 Å². The van der Waals surface area contributed by atoms with Crippen LogP contribution in [-0.4, -0.2) is 5.16 Å². The molecule has 0 aliphatic rings. The van der Waals surface area contributed by atoms with E-state index >= 15 is 0 Å². The number of rotatable bonds is 1. The van der Waals surface area contributed by atoms with Crippen LogP contribution in [0, 0.1) is 0 Å². The molecule has 7 heteroatoms. The van der Waals surface area contributed by atoms with E-state index in [0.29, 0.717) is 5.02 Å². The number of hydrogen-bond acceptors (Lipinski definition) is 3. The van der Waals surface area contributed by atoms with Crippen molar-refractivity contribution in [1.82, 2.24) is 5.16 Å². The SMILES string of the molecule is Nc1onc(C(F)(F)F)c1-c1ccc(Cl)cc1. The second-order valence-electron chi connectivity index (χ2n) is 3.28. The van der Waals surface area contributed by atoms with Gasteiger partial charge in [-0.1, -0.05) is 28.9 Å². The zero-order valence-electron chi connectivity index (χ0n) is 8.25. The summed E-state index contributed by atoms with van der Waals surface area (Å²) < 4.78 is 42.2. The lowest BCUT2D eigenvalue weighted by atomic mass is 10.1. The molecule has 0 aliphatic carbocycles. The Morgan fingerprint density at radius 2 is 1.76 bits per heavy atom. The molecule has 0 radical (unpaired) electrons. The molecule has 0 saturated heterocycles. The summed E-state index contributed by atoms with van der Waals surface area (Å²) in [5, 5.41) is 3.34. The molecule has 1 aromatic carbocycles. The fourth-order valence-electron chi connectivity index (χ4n) is 1.39. The molecule has 0 spiro atoms. The Bertz CT molecular complexity index is 533. The number of halogens is 4. The van der Waals surface area contributed by atoms with E-state index in [9.17, 15) is 13.2 Å². The molecular weight excluding hydrogens is 257 g/mol. The van der Waals surface area contributed by atoms with Crippen molar-refractivity contribution in [2.75, 3.05) is 5.73 Å². The summed E-state index contributed by atoms with van der Waals surface area (Å²) in [6.07, 6.45) is -4.61. The van der Waals surface area contributed by atoms with Crippen LogP contribution >= 0.6 is 11.6 Å². The van der Waals surface area contributed by atoms with Gasteiger partial charge in [-0.05, 0) is 17.7 Å². The zero-order chi connectivity index (χ0) is 12.6. The maximum absolute atomic E-state index is 12.6. The van der Waals surface area contributed by atoms with Crippen molar-refractivity contribution in [3.05, 3.63) is 35.0 Å². The van der Waals surface area contributed by atoms with Gasteiger partial charge < -0.3 is 10.3 Å². The minimum Gasteiger partial charge on any atom is -0.367 e. The Balaban J connectivity index is 2.59. The highest BCUT2D eigenvalue weighted by molar-refractivity contribution is 6.30. The van der Waals surface area contributed by atoms with Gasteiger partial charge in [0.25, 0.3) is 0 Å². The van der Waals surface area contributed by atoms with Crippen LogP contribution in [-0.2, 0) is 6.18 Å².